The molecule has 3 aromatic carbocycles. The highest BCUT2D eigenvalue weighted by Crippen LogP contribution is 2.40. The van der Waals surface area contributed by atoms with Crippen LogP contribution >= 0.6 is 0 Å². The molecule has 1 unspecified atom stereocenters. The van der Waals surface area contributed by atoms with Gasteiger partial charge in [0.1, 0.15) is 29.7 Å². The molecule has 6 N–H and O–H groups in total. The van der Waals surface area contributed by atoms with E-state index < -0.39 is 17.7 Å². The van der Waals surface area contributed by atoms with E-state index in [9.17, 15) is 34.5 Å². The Bertz CT molecular complexity index is 2830. The van der Waals surface area contributed by atoms with Crippen LogP contribution in [0.15, 0.2) is 65.5 Å². The van der Waals surface area contributed by atoms with Gasteiger partial charge < -0.3 is 40.0 Å². The maximum atomic E-state index is 13.9. The molecular formula is C51H60N8O9. The number of nitrogens with zero attached hydrogens (tertiary/aromatic N) is 6. The summed E-state index contributed by atoms with van der Waals surface area (Å²) >= 11 is 0. The zero-order valence-electron chi connectivity index (χ0n) is 39.2. The highest BCUT2D eigenvalue weighted by atomic mass is 16.6. The van der Waals surface area contributed by atoms with Gasteiger partial charge in [-0.2, -0.15) is 0 Å². The van der Waals surface area contributed by atoms with E-state index in [0.29, 0.717) is 84.5 Å². The molecule has 3 aliphatic rings. The molecule has 3 aliphatic heterocycles. The average molecular weight is 929 g/mol. The van der Waals surface area contributed by atoms with Crippen LogP contribution in [-0.2, 0) is 41.2 Å². The molecule has 2 saturated heterocycles. The lowest BCUT2D eigenvalue weighted by molar-refractivity contribution is -0.129. The lowest BCUT2D eigenvalue weighted by Crippen LogP contribution is -2.53. The third-order valence-electron chi connectivity index (χ3n) is 14.0. The Balaban J connectivity index is 0.857. The zero-order chi connectivity index (χ0) is 48.6. The minimum absolute atomic E-state index is 0.0790. The number of ether oxygens (including phenoxy) is 2. The summed E-state index contributed by atoms with van der Waals surface area (Å²) in [5.41, 5.74) is 10.6. The van der Waals surface area contributed by atoms with Gasteiger partial charge in [-0.3, -0.25) is 24.8 Å². The number of aliphatic hydroxyl groups is 1. The standard InChI is InChI=1S/C51H60N8O9/c1-6-35-37-22-34(12-13-42(37)54-46-39(35)27-58-43(46)24-41(51(5,66)7-2)40(48(58)63)28-67-29-60)68-50(65)57-16-14-32(15-17-57)56-20-18-55(19-21-56)26-31-8-10-33(11-9-31)59(49(53)64)47(52)38-23-36(30(3)4)44(61)25-45(38)62/h8-13,22-25,29-30,32,52,61-62,66H,6-7,14-21,26-28H2,1-5H3,(H2,53,64). The predicted octanol–water partition coefficient (Wildman–Crippen LogP) is 6.50. The van der Waals surface area contributed by atoms with Crippen LogP contribution < -0.4 is 20.9 Å². The lowest BCUT2D eigenvalue weighted by Gasteiger charge is -2.42. The Morgan fingerprint density at radius 2 is 1.68 bits per heavy atom. The second-order valence-corrected chi connectivity index (χ2v) is 18.5. The minimum Gasteiger partial charge on any atom is -0.508 e. The van der Waals surface area contributed by atoms with Crippen LogP contribution in [0.3, 0.4) is 0 Å². The number of phenolic OH excluding ortho intramolecular Hbond substituents is 2. The molecule has 358 valence electrons. The summed E-state index contributed by atoms with van der Waals surface area (Å²) in [4.78, 5) is 63.8. The number of fused-ring (bicyclic) bond motifs is 4. The summed E-state index contributed by atoms with van der Waals surface area (Å²) in [5.74, 6) is -0.379. The van der Waals surface area contributed by atoms with Gasteiger partial charge in [0, 0.05) is 68.9 Å². The quantitative estimate of drug-likeness (QED) is 0.0475. The molecule has 8 rings (SSSR count). The molecule has 0 radical (unpaired) electrons. The number of primary amides is 1. The molecular weight excluding hydrogens is 869 g/mol. The van der Waals surface area contributed by atoms with Crippen LogP contribution in [0.4, 0.5) is 15.3 Å². The molecule has 2 aromatic heterocycles. The molecule has 2 fully saturated rings. The topological polar surface area (TPSA) is 228 Å². The maximum absolute atomic E-state index is 13.9. The second-order valence-electron chi connectivity index (χ2n) is 18.5. The van der Waals surface area contributed by atoms with Gasteiger partial charge in [0.2, 0.25) is 0 Å². The summed E-state index contributed by atoms with van der Waals surface area (Å²) in [6.45, 7) is 14.9. The second kappa shape index (κ2) is 19.4. The molecule has 3 amide bonds. The number of aromatic nitrogens is 2. The number of hydrogen-bond donors (Lipinski definition) is 5. The zero-order valence-corrected chi connectivity index (χ0v) is 39.2. The first-order valence-corrected chi connectivity index (χ1v) is 23.3. The number of piperazine rings is 1. The Morgan fingerprint density at radius 1 is 0.971 bits per heavy atom. The van der Waals surface area contributed by atoms with Crippen molar-refractivity contribution in [3.8, 4) is 28.6 Å². The van der Waals surface area contributed by atoms with Crippen LogP contribution in [-0.4, -0.2) is 109 Å². The predicted molar refractivity (Wildman–Crippen MR) is 257 cm³/mol. The number of carbonyl (C=O) groups excluding carboxylic acids is 3. The van der Waals surface area contributed by atoms with Crippen molar-refractivity contribution >= 4 is 41.0 Å². The van der Waals surface area contributed by atoms with Crippen LogP contribution in [0.1, 0.15) is 98.7 Å². The SMILES string of the molecule is CCc1c2c(nc3ccc(OC(=O)N4CCC(N5CCN(Cc6ccc(N(C(=N)c7cc(C(C)C)c(O)cc7O)C(N)=O)cc6)CC5)CC4)cc13)-c1cc(C(C)(O)CC)c(COC=O)c(=O)n1C2. The fourth-order valence-electron chi connectivity index (χ4n) is 9.93. The van der Waals surface area contributed by atoms with Gasteiger partial charge in [-0.25, -0.2) is 19.5 Å². The van der Waals surface area contributed by atoms with E-state index in [0.717, 1.165) is 66.0 Å². The van der Waals surface area contributed by atoms with Gasteiger partial charge in [0.25, 0.3) is 12.0 Å². The minimum atomic E-state index is -1.33. The molecule has 0 bridgehead atoms. The van der Waals surface area contributed by atoms with Crippen molar-refractivity contribution in [1.82, 2.24) is 24.3 Å². The Kier molecular flexibility index (Phi) is 13.6. The van der Waals surface area contributed by atoms with Crippen LogP contribution in [0.2, 0.25) is 0 Å². The van der Waals surface area contributed by atoms with Crippen molar-refractivity contribution in [1.29, 1.82) is 5.41 Å². The van der Waals surface area contributed by atoms with Gasteiger partial charge in [0.15, 0.2) is 0 Å². The number of benzene rings is 3. The van der Waals surface area contributed by atoms with Crippen LogP contribution in [0.25, 0.3) is 22.3 Å². The summed E-state index contributed by atoms with van der Waals surface area (Å²) in [7, 11) is 0. The normalized spacial score (nSPS) is 16.3. The number of rotatable bonds is 13. The van der Waals surface area contributed by atoms with Gasteiger partial charge in [-0.1, -0.05) is 39.8 Å². The first kappa shape index (κ1) is 47.7. The Morgan fingerprint density at radius 3 is 2.31 bits per heavy atom. The number of hydrogen-bond acceptors (Lipinski definition) is 13. The molecule has 0 saturated carbocycles. The monoisotopic (exact) mass is 928 g/mol. The molecule has 5 aromatic rings. The maximum Gasteiger partial charge on any atom is 0.415 e. The van der Waals surface area contributed by atoms with Crippen molar-refractivity contribution in [3.05, 3.63) is 110 Å². The third kappa shape index (κ3) is 9.25. The van der Waals surface area contributed by atoms with Crippen molar-refractivity contribution in [3.63, 3.8) is 0 Å². The summed E-state index contributed by atoms with van der Waals surface area (Å²) in [6.07, 6.45) is 2.23. The summed E-state index contributed by atoms with van der Waals surface area (Å²) < 4.78 is 12.6. The first-order chi connectivity index (χ1) is 32.5. The van der Waals surface area contributed by atoms with Crippen molar-refractivity contribution in [2.75, 3.05) is 44.2 Å². The number of piperidine rings is 1. The van der Waals surface area contributed by atoms with Crippen LogP contribution in [0.5, 0.6) is 17.2 Å². The van der Waals surface area contributed by atoms with Crippen molar-refractivity contribution < 1.29 is 39.2 Å². The molecule has 1 atom stereocenters. The van der Waals surface area contributed by atoms with E-state index in [1.165, 1.54) is 12.1 Å². The van der Waals surface area contributed by atoms with E-state index >= 15 is 0 Å². The number of aryl methyl sites for hydroxylation is 1. The van der Waals surface area contributed by atoms with E-state index in [1.807, 2.05) is 52.0 Å². The number of likely N-dealkylation sites (tertiary alicyclic amines) is 1. The number of carbonyl (C=O) groups is 3. The number of urea groups is 1. The lowest BCUT2D eigenvalue weighted by atomic mass is 9.89. The van der Waals surface area contributed by atoms with E-state index in [1.54, 1.807) is 40.7 Å². The fraction of sp³-hybridized carbons (Fsp3) is 0.412. The van der Waals surface area contributed by atoms with Crippen LogP contribution in [0, 0.1) is 5.41 Å². The third-order valence-corrected chi connectivity index (χ3v) is 14.0. The van der Waals surface area contributed by atoms with Gasteiger partial charge in [-0.15, -0.1) is 0 Å². The van der Waals surface area contributed by atoms with E-state index in [2.05, 4.69) is 9.80 Å². The number of nitrogens with two attached hydrogens (primary N) is 1. The number of aromatic hydroxyl groups is 2. The molecule has 68 heavy (non-hydrogen) atoms. The number of phenols is 2. The number of amides is 3. The summed E-state index contributed by atoms with van der Waals surface area (Å²) in [5, 5.41) is 41.7. The molecule has 0 aliphatic carbocycles. The molecule has 0 spiro atoms. The Hall–Kier alpha value is -6.82. The molecule has 17 heteroatoms. The number of nitrogens with one attached hydrogen (secondary N) is 1. The van der Waals surface area contributed by atoms with Crippen molar-refractivity contribution in [2.24, 2.45) is 5.73 Å². The van der Waals surface area contributed by atoms with E-state index in [4.69, 9.17) is 25.6 Å². The van der Waals surface area contributed by atoms with Gasteiger partial charge in [-0.05, 0) is 103 Å². The van der Waals surface area contributed by atoms with Gasteiger partial charge >= 0.3 is 12.1 Å². The summed E-state index contributed by atoms with van der Waals surface area (Å²) in [6, 6.07) is 16.7. The largest absolute Gasteiger partial charge is 0.508 e. The molecule has 5 heterocycles. The highest BCUT2D eigenvalue weighted by molar-refractivity contribution is 6.22. The highest BCUT2D eigenvalue weighted by Gasteiger charge is 2.34. The first-order valence-electron chi connectivity index (χ1n) is 23.3. The fourth-order valence-corrected chi connectivity index (χ4v) is 9.93. The number of amidine groups is 1. The Labute approximate surface area is 394 Å². The average Bonchev–Trinajstić information content (AvgIpc) is 3.69. The number of anilines is 1. The van der Waals surface area contributed by atoms with E-state index in [-0.39, 0.29) is 53.1 Å². The number of pyridine rings is 2. The van der Waals surface area contributed by atoms with Crippen molar-refractivity contribution in [2.45, 2.75) is 97.6 Å². The van der Waals surface area contributed by atoms with Gasteiger partial charge in [0.05, 0.1) is 45.9 Å². The smallest absolute Gasteiger partial charge is 0.415 e. The molecule has 17 nitrogen and oxygen atoms in total.